The Kier molecular flexibility index (Phi) is 11.9. The topological polar surface area (TPSA) is 72.8 Å². The Balaban J connectivity index is 1.28. The Morgan fingerprint density at radius 2 is 1.61 bits per heavy atom. The zero-order chi connectivity index (χ0) is 32.6. The Morgan fingerprint density at radius 1 is 0.913 bits per heavy atom. The molecule has 0 saturated carbocycles. The first-order chi connectivity index (χ1) is 22.3. The molecular formula is C39H44O5S2. The normalized spacial score (nSPS) is 19.3. The van der Waals surface area contributed by atoms with E-state index in [1.807, 2.05) is 91.9 Å². The fraction of sp³-hybridized carbons (Fsp3) is 0.385. The van der Waals surface area contributed by atoms with Crippen LogP contribution in [-0.4, -0.2) is 23.5 Å². The number of benzene rings is 3. The van der Waals surface area contributed by atoms with E-state index >= 15 is 0 Å². The predicted octanol–water partition coefficient (Wildman–Crippen LogP) is 10.1. The number of rotatable bonds is 14. The summed E-state index contributed by atoms with van der Waals surface area (Å²) >= 11 is 3.07. The van der Waals surface area contributed by atoms with Crippen LogP contribution < -0.4 is 9.47 Å². The average Bonchev–Trinajstić information content (AvgIpc) is 3.05. The molecule has 0 bridgehead atoms. The predicted molar refractivity (Wildman–Crippen MR) is 187 cm³/mol. The van der Waals surface area contributed by atoms with Gasteiger partial charge in [-0.3, -0.25) is 9.59 Å². The van der Waals surface area contributed by atoms with E-state index in [9.17, 15) is 14.7 Å². The molecule has 0 heterocycles. The highest BCUT2D eigenvalue weighted by atomic mass is 32.2. The Morgan fingerprint density at radius 3 is 2.28 bits per heavy atom. The summed E-state index contributed by atoms with van der Waals surface area (Å²) in [5.74, 6) is 0.877. The third kappa shape index (κ3) is 8.17. The third-order valence-electron chi connectivity index (χ3n) is 8.59. The molecule has 2 aliphatic carbocycles. The van der Waals surface area contributed by atoms with Crippen molar-refractivity contribution in [2.45, 2.75) is 80.6 Å². The van der Waals surface area contributed by atoms with Crippen molar-refractivity contribution in [3.05, 3.63) is 101 Å². The first-order valence-electron chi connectivity index (χ1n) is 16.4. The summed E-state index contributed by atoms with van der Waals surface area (Å²) in [6.45, 7) is 9.20. The summed E-state index contributed by atoms with van der Waals surface area (Å²) in [4.78, 5) is 30.4. The van der Waals surface area contributed by atoms with Crippen molar-refractivity contribution in [2.24, 2.45) is 23.7 Å². The van der Waals surface area contributed by atoms with Crippen molar-refractivity contribution in [1.82, 2.24) is 0 Å². The quantitative estimate of drug-likeness (QED) is 0.137. The smallest absolute Gasteiger partial charge is 0.314 e. The lowest BCUT2D eigenvalue weighted by Crippen LogP contribution is -2.36. The Bertz CT molecular complexity index is 1560. The number of fused-ring (bicyclic) bond motifs is 2. The van der Waals surface area contributed by atoms with Gasteiger partial charge in [-0.25, -0.2) is 0 Å². The molecule has 4 unspecified atom stereocenters. The molecule has 0 radical (unpaired) electrons. The van der Waals surface area contributed by atoms with Crippen LogP contribution in [-0.2, 0) is 4.79 Å². The minimum Gasteiger partial charge on any atom is -0.494 e. The molecule has 4 atom stereocenters. The van der Waals surface area contributed by atoms with Crippen LogP contribution in [0.5, 0.6) is 11.5 Å². The highest BCUT2D eigenvalue weighted by molar-refractivity contribution is 8.03. The summed E-state index contributed by atoms with van der Waals surface area (Å²) in [7, 11) is 0. The van der Waals surface area contributed by atoms with E-state index in [1.54, 1.807) is 11.8 Å². The molecule has 5 nitrogen and oxygen atoms in total. The summed E-state index contributed by atoms with van der Waals surface area (Å²) in [5.41, 5.74) is 1.27. The Labute approximate surface area is 281 Å². The van der Waals surface area contributed by atoms with E-state index in [4.69, 9.17) is 9.47 Å². The van der Waals surface area contributed by atoms with E-state index in [2.05, 4.69) is 20.8 Å². The second-order valence-corrected chi connectivity index (χ2v) is 14.6. The Hall–Kier alpha value is -3.26. The zero-order valence-electron chi connectivity index (χ0n) is 27.1. The first kappa shape index (κ1) is 34.1. The molecule has 5 rings (SSSR count). The van der Waals surface area contributed by atoms with Crippen LogP contribution in [0, 0.1) is 23.7 Å². The largest absolute Gasteiger partial charge is 0.494 e. The molecular weight excluding hydrogens is 613 g/mol. The summed E-state index contributed by atoms with van der Waals surface area (Å²) in [6.07, 6.45) is 9.72. The second kappa shape index (κ2) is 16.0. The number of esters is 1. The molecule has 46 heavy (non-hydrogen) atoms. The number of aliphatic hydroxyl groups excluding tert-OH is 1. The van der Waals surface area contributed by atoms with Gasteiger partial charge in [-0.2, -0.15) is 0 Å². The van der Waals surface area contributed by atoms with E-state index in [1.165, 1.54) is 11.8 Å². The lowest BCUT2D eigenvalue weighted by molar-refractivity contribution is -0.139. The fourth-order valence-electron chi connectivity index (χ4n) is 5.88. The SMILES string of the molecule is CCCCC(CC)C(=O)Oc1ccc(SC2=CC=CC3C2C(=O)c2cccc(Sc4ccc(OCCC(C)C)cc4)c2C3O)cc1. The second-order valence-electron chi connectivity index (χ2n) is 12.4. The number of hydrogen-bond donors (Lipinski definition) is 1. The van der Waals surface area contributed by atoms with Gasteiger partial charge in [0.2, 0.25) is 0 Å². The highest BCUT2D eigenvalue weighted by Gasteiger charge is 2.44. The van der Waals surface area contributed by atoms with E-state index in [0.29, 0.717) is 29.4 Å². The summed E-state index contributed by atoms with van der Waals surface area (Å²) < 4.78 is 11.6. The molecule has 242 valence electrons. The molecule has 1 N–H and O–H groups in total. The van der Waals surface area contributed by atoms with Gasteiger partial charge in [0.1, 0.15) is 11.5 Å². The summed E-state index contributed by atoms with van der Waals surface area (Å²) in [5, 5.41) is 11.7. The number of hydrogen-bond acceptors (Lipinski definition) is 7. The van der Waals surface area contributed by atoms with Gasteiger partial charge in [0, 0.05) is 36.6 Å². The van der Waals surface area contributed by atoms with Crippen molar-refractivity contribution >= 4 is 35.3 Å². The number of allylic oxidation sites excluding steroid dienone is 3. The van der Waals surface area contributed by atoms with Crippen LogP contribution >= 0.6 is 23.5 Å². The van der Waals surface area contributed by atoms with Gasteiger partial charge >= 0.3 is 5.97 Å². The van der Waals surface area contributed by atoms with Crippen molar-refractivity contribution in [3.63, 3.8) is 0 Å². The standard InChI is InChI=1S/C39H44O5S2/c1-5-7-10-26(6-2)39(42)44-28-17-21-30(22-18-28)46-34-14-9-12-32-36(34)38(41)31-11-8-13-33(35(31)37(32)40)45-29-19-15-27(16-20-29)43-24-23-25(3)4/h8-9,11-22,25-26,32,36-37,40H,5-7,10,23-24H2,1-4H3. The lowest BCUT2D eigenvalue weighted by atomic mass is 9.71. The van der Waals surface area contributed by atoms with E-state index in [0.717, 1.165) is 57.4 Å². The van der Waals surface area contributed by atoms with Gasteiger partial charge in [0.25, 0.3) is 0 Å². The van der Waals surface area contributed by atoms with E-state index < -0.39 is 12.0 Å². The van der Waals surface area contributed by atoms with Gasteiger partial charge in [-0.1, -0.05) is 94.4 Å². The van der Waals surface area contributed by atoms with Gasteiger partial charge < -0.3 is 14.6 Å². The maximum absolute atomic E-state index is 14.1. The number of ketones is 1. The number of Topliss-reactive ketones (excluding diaryl/α,β-unsaturated/α-hetero) is 1. The lowest BCUT2D eigenvalue weighted by Gasteiger charge is -2.37. The van der Waals surface area contributed by atoms with Crippen LogP contribution in [0.2, 0.25) is 0 Å². The van der Waals surface area contributed by atoms with Crippen LogP contribution in [0.4, 0.5) is 0 Å². The van der Waals surface area contributed by atoms with Crippen LogP contribution in [0.1, 0.15) is 81.8 Å². The minimum atomic E-state index is -0.818. The maximum Gasteiger partial charge on any atom is 0.314 e. The van der Waals surface area contributed by atoms with Crippen LogP contribution in [0.3, 0.4) is 0 Å². The van der Waals surface area contributed by atoms with Crippen molar-refractivity contribution in [1.29, 1.82) is 0 Å². The molecule has 0 saturated heterocycles. The van der Waals surface area contributed by atoms with Crippen LogP contribution in [0.25, 0.3) is 0 Å². The molecule has 7 heteroatoms. The van der Waals surface area contributed by atoms with Crippen molar-refractivity contribution in [3.8, 4) is 11.5 Å². The molecule has 3 aromatic carbocycles. The minimum absolute atomic E-state index is 0.0213. The molecule has 0 aliphatic heterocycles. The van der Waals surface area contributed by atoms with Gasteiger partial charge in [0.05, 0.1) is 24.5 Å². The van der Waals surface area contributed by atoms with Gasteiger partial charge in [-0.15, -0.1) is 0 Å². The molecule has 0 aromatic heterocycles. The molecule has 0 amide bonds. The average molecular weight is 657 g/mol. The van der Waals surface area contributed by atoms with Gasteiger partial charge in [0.15, 0.2) is 5.78 Å². The monoisotopic (exact) mass is 656 g/mol. The molecule has 3 aromatic rings. The molecule has 0 spiro atoms. The number of carbonyl (C=O) groups is 2. The number of carbonyl (C=O) groups excluding carboxylic acids is 2. The zero-order valence-corrected chi connectivity index (χ0v) is 28.7. The number of aliphatic hydroxyl groups is 1. The van der Waals surface area contributed by atoms with E-state index in [-0.39, 0.29) is 23.6 Å². The van der Waals surface area contributed by atoms with Gasteiger partial charge in [-0.05, 0) is 79.8 Å². The van der Waals surface area contributed by atoms with Crippen LogP contribution in [0.15, 0.2) is 105 Å². The van der Waals surface area contributed by atoms with Crippen molar-refractivity contribution in [2.75, 3.05) is 6.61 Å². The highest BCUT2D eigenvalue weighted by Crippen LogP contribution is 2.50. The maximum atomic E-state index is 14.1. The molecule has 2 aliphatic rings. The van der Waals surface area contributed by atoms with Crippen molar-refractivity contribution < 1.29 is 24.2 Å². The number of unbranched alkanes of at least 4 members (excludes halogenated alkanes) is 1. The first-order valence-corrected chi connectivity index (χ1v) is 18.1. The summed E-state index contributed by atoms with van der Waals surface area (Å²) in [6, 6.07) is 21.2. The fourth-order valence-corrected chi connectivity index (χ4v) is 7.97. The third-order valence-corrected chi connectivity index (χ3v) is 10.8. The molecule has 0 fully saturated rings. The number of thioether (sulfide) groups is 1. The number of ether oxygens (including phenoxy) is 2.